The Labute approximate surface area is 143 Å². The highest BCUT2D eigenvalue weighted by Crippen LogP contribution is 2.43. The van der Waals surface area contributed by atoms with Crippen LogP contribution >= 0.6 is 11.6 Å². The average molecular weight is 334 g/mol. The monoisotopic (exact) mass is 333 g/mol. The van der Waals surface area contributed by atoms with Crippen molar-refractivity contribution in [2.45, 2.75) is 58.2 Å². The number of hydrogen-bond donors (Lipinski definition) is 1. The zero-order chi connectivity index (χ0) is 17.2. The summed E-state index contributed by atoms with van der Waals surface area (Å²) in [6, 6.07) is 9.19. The minimum atomic E-state index is -0.615. The van der Waals surface area contributed by atoms with Gasteiger partial charge in [-0.25, -0.2) is 0 Å². The minimum Gasteiger partial charge on any atom is -0.330 e. The first kappa shape index (κ1) is 17.8. The highest BCUT2D eigenvalue weighted by molar-refractivity contribution is 6.30. The second-order valence-electron chi connectivity index (χ2n) is 6.76. The third-order valence-electron chi connectivity index (χ3n) is 4.75. The molecule has 1 aromatic rings. The van der Waals surface area contributed by atoms with Gasteiger partial charge < -0.3 is 10.6 Å². The predicted octanol–water partition coefficient (Wildman–Crippen LogP) is 3.66. The number of carbonyl (C=O) groups is 1. The van der Waals surface area contributed by atoms with Crippen molar-refractivity contribution in [3.63, 3.8) is 0 Å². The molecular formula is C18H24ClN3O. The molecule has 1 unspecified atom stereocenters. The number of nitrogens with two attached hydrogens (primary N) is 1. The van der Waals surface area contributed by atoms with E-state index >= 15 is 0 Å². The standard InChI is InChI=1S/C18H24ClN3O/c1-4-14(21)17(23)22-15(12-6-5-7-13(19)10-12)8-9-16(22)18(2,3)11-20/h5-7,10,14-16H,4,8-9,21H2,1-3H3/t14?,15-,16+/m0/s1. The second kappa shape index (κ2) is 6.90. The van der Waals surface area contributed by atoms with Crippen LogP contribution in [0.3, 0.4) is 0 Å². The number of rotatable bonds is 4. The molecule has 1 saturated heterocycles. The fourth-order valence-electron chi connectivity index (χ4n) is 3.31. The van der Waals surface area contributed by atoms with Gasteiger partial charge in [0.05, 0.1) is 29.6 Å². The van der Waals surface area contributed by atoms with Crippen molar-refractivity contribution in [1.82, 2.24) is 4.90 Å². The fraction of sp³-hybridized carbons (Fsp3) is 0.556. The van der Waals surface area contributed by atoms with Gasteiger partial charge in [-0.05, 0) is 50.8 Å². The van der Waals surface area contributed by atoms with Gasteiger partial charge in [-0.3, -0.25) is 4.79 Å². The Kier molecular flexibility index (Phi) is 5.33. The maximum atomic E-state index is 12.9. The Bertz CT molecular complexity index is 623. The van der Waals surface area contributed by atoms with Crippen molar-refractivity contribution in [3.05, 3.63) is 34.9 Å². The summed E-state index contributed by atoms with van der Waals surface area (Å²) < 4.78 is 0. The molecule has 1 heterocycles. The van der Waals surface area contributed by atoms with Gasteiger partial charge in [0.25, 0.3) is 0 Å². The maximum Gasteiger partial charge on any atom is 0.240 e. The van der Waals surface area contributed by atoms with E-state index in [4.69, 9.17) is 17.3 Å². The normalized spacial score (nSPS) is 22.7. The zero-order valence-electron chi connectivity index (χ0n) is 13.9. The van der Waals surface area contributed by atoms with Gasteiger partial charge in [0, 0.05) is 5.02 Å². The van der Waals surface area contributed by atoms with Crippen LogP contribution in [0.2, 0.25) is 5.02 Å². The van der Waals surface area contributed by atoms with Crippen LogP contribution < -0.4 is 5.73 Å². The lowest BCUT2D eigenvalue weighted by Gasteiger charge is -2.37. The number of benzene rings is 1. The summed E-state index contributed by atoms with van der Waals surface area (Å²) >= 11 is 6.11. The predicted molar refractivity (Wildman–Crippen MR) is 91.7 cm³/mol. The summed E-state index contributed by atoms with van der Waals surface area (Å²) in [6.07, 6.45) is 2.19. The number of hydrogen-bond acceptors (Lipinski definition) is 3. The molecule has 1 fully saturated rings. The summed E-state index contributed by atoms with van der Waals surface area (Å²) in [5.74, 6) is -0.0803. The van der Waals surface area contributed by atoms with Crippen molar-refractivity contribution in [3.8, 4) is 6.07 Å². The van der Waals surface area contributed by atoms with Crippen molar-refractivity contribution < 1.29 is 4.79 Å². The van der Waals surface area contributed by atoms with E-state index in [1.54, 1.807) is 0 Å². The molecule has 5 heteroatoms. The summed E-state index contributed by atoms with van der Waals surface area (Å²) in [6.45, 7) is 5.67. The smallest absolute Gasteiger partial charge is 0.240 e. The van der Waals surface area contributed by atoms with Crippen molar-refractivity contribution in [2.75, 3.05) is 0 Å². The van der Waals surface area contributed by atoms with E-state index in [-0.39, 0.29) is 18.0 Å². The first-order valence-corrected chi connectivity index (χ1v) is 8.44. The lowest BCUT2D eigenvalue weighted by Crippen LogP contribution is -2.50. The number of amides is 1. The van der Waals surface area contributed by atoms with Crippen LogP contribution in [0.25, 0.3) is 0 Å². The Morgan fingerprint density at radius 3 is 2.78 bits per heavy atom. The first-order valence-electron chi connectivity index (χ1n) is 8.06. The molecule has 124 valence electrons. The van der Waals surface area contributed by atoms with Crippen LogP contribution in [0.1, 0.15) is 51.6 Å². The van der Waals surface area contributed by atoms with Gasteiger partial charge in [0.2, 0.25) is 5.91 Å². The molecule has 0 saturated carbocycles. The third kappa shape index (κ3) is 3.52. The van der Waals surface area contributed by atoms with Gasteiger partial charge in [0.1, 0.15) is 0 Å². The highest BCUT2D eigenvalue weighted by Gasteiger charge is 2.46. The number of halogens is 1. The van der Waals surface area contributed by atoms with E-state index in [1.165, 1.54) is 0 Å². The van der Waals surface area contributed by atoms with Gasteiger partial charge >= 0.3 is 0 Å². The lowest BCUT2D eigenvalue weighted by atomic mass is 9.84. The van der Waals surface area contributed by atoms with E-state index < -0.39 is 11.5 Å². The topological polar surface area (TPSA) is 70.1 Å². The van der Waals surface area contributed by atoms with E-state index in [2.05, 4.69) is 6.07 Å². The molecule has 0 spiro atoms. The Morgan fingerprint density at radius 2 is 2.22 bits per heavy atom. The quantitative estimate of drug-likeness (QED) is 0.914. The molecule has 23 heavy (non-hydrogen) atoms. The maximum absolute atomic E-state index is 12.9. The summed E-state index contributed by atoms with van der Waals surface area (Å²) in [5, 5.41) is 10.2. The van der Waals surface area contributed by atoms with E-state index in [0.717, 1.165) is 18.4 Å². The Morgan fingerprint density at radius 1 is 1.52 bits per heavy atom. The molecule has 0 radical (unpaired) electrons. The highest BCUT2D eigenvalue weighted by atomic mass is 35.5. The van der Waals surface area contributed by atoms with Crippen molar-refractivity contribution in [1.29, 1.82) is 5.26 Å². The Hall–Kier alpha value is -1.57. The van der Waals surface area contributed by atoms with Gasteiger partial charge in [-0.1, -0.05) is 30.7 Å². The largest absolute Gasteiger partial charge is 0.330 e. The van der Waals surface area contributed by atoms with Gasteiger partial charge in [0.15, 0.2) is 0 Å². The lowest BCUT2D eigenvalue weighted by molar-refractivity contribution is -0.137. The Balaban J connectivity index is 2.43. The molecule has 1 aromatic carbocycles. The van der Waals surface area contributed by atoms with Crippen LogP contribution in [0.5, 0.6) is 0 Å². The van der Waals surface area contributed by atoms with E-state index in [9.17, 15) is 10.1 Å². The van der Waals surface area contributed by atoms with Crippen LogP contribution in [-0.4, -0.2) is 22.9 Å². The second-order valence-corrected chi connectivity index (χ2v) is 7.19. The van der Waals surface area contributed by atoms with Crippen LogP contribution in [0, 0.1) is 16.7 Å². The third-order valence-corrected chi connectivity index (χ3v) is 4.99. The van der Waals surface area contributed by atoms with Crippen molar-refractivity contribution in [2.24, 2.45) is 11.1 Å². The van der Waals surface area contributed by atoms with E-state index in [0.29, 0.717) is 11.4 Å². The zero-order valence-corrected chi connectivity index (χ0v) is 14.7. The average Bonchev–Trinajstić information content (AvgIpc) is 2.99. The van der Waals surface area contributed by atoms with E-state index in [1.807, 2.05) is 49.9 Å². The molecule has 4 nitrogen and oxygen atoms in total. The molecule has 1 aliphatic rings. The first-order chi connectivity index (χ1) is 10.8. The molecule has 2 rings (SSSR count). The number of carbonyl (C=O) groups excluding carboxylic acids is 1. The minimum absolute atomic E-state index is 0.0728. The number of nitrogens with zero attached hydrogens (tertiary/aromatic N) is 2. The van der Waals surface area contributed by atoms with Gasteiger partial charge in [-0.2, -0.15) is 5.26 Å². The summed E-state index contributed by atoms with van der Waals surface area (Å²) in [4.78, 5) is 14.7. The molecule has 1 aliphatic heterocycles. The molecule has 3 atom stereocenters. The van der Waals surface area contributed by atoms with Crippen molar-refractivity contribution >= 4 is 17.5 Å². The van der Waals surface area contributed by atoms with Crippen LogP contribution in [0.4, 0.5) is 0 Å². The van der Waals surface area contributed by atoms with Crippen LogP contribution in [0.15, 0.2) is 24.3 Å². The fourth-order valence-corrected chi connectivity index (χ4v) is 3.51. The molecule has 1 amide bonds. The molecule has 0 bridgehead atoms. The molecular weight excluding hydrogens is 310 g/mol. The summed E-state index contributed by atoms with van der Waals surface area (Å²) in [5.41, 5.74) is 6.40. The van der Waals surface area contributed by atoms with Crippen LogP contribution in [-0.2, 0) is 4.79 Å². The molecule has 0 aliphatic carbocycles. The van der Waals surface area contributed by atoms with Gasteiger partial charge in [-0.15, -0.1) is 0 Å². The SMILES string of the molecule is CCC(N)C(=O)N1[C@H](c2cccc(Cl)c2)CC[C@@H]1C(C)(C)C#N. The number of likely N-dealkylation sites (tertiary alicyclic amines) is 1. The molecule has 2 N–H and O–H groups in total. The molecule has 0 aromatic heterocycles. The summed E-state index contributed by atoms with van der Waals surface area (Å²) in [7, 11) is 0. The number of nitriles is 1.